The van der Waals surface area contributed by atoms with Crippen LogP contribution >= 0.6 is 11.3 Å². The van der Waals surface area contributed by atoms with Crippen molar-refractivity contribution in [1.29, 1.82) is 0 Å². The molecule has 124 valence electrons. The lowest BCUT2D eigenvalue weighted by Gasteiger charge is -2.02. The first-order valence-electron chi connectivity index (χ1n) is 8.00. The van der Waals surface area contributed by atoms with Crippen molar-refractivity contribution in [3.05, 3.63) is 58.1 Å². The van der Waals surface area contributed by atoms with E-state index in [2.05, 4.69) is 39.6 Å². The molecule has 0 amide bonds. The Labute approximate surface area is 146 Å². The Kier molecular flexibility index (Phi) is 4.81. The Bertz CT molecular complexity index is 849. The molecule has 2 heterocycles. The summed E-state index contributed by atoms with van der Waals surface area (Å²) in [5, 5.41) is 6.29. The zero-order chi connectivity index (χ0) is 17.1. The van der Waals surface area contributed by atoms with Gasteiger partial charge in [-0.3, -0.25) is 4.79 Å². The van der Waals surface area contributed by atoms with Crippen LogP contribution in [0.15, 0.2) is 35.7 Å². The fourth-order valence-electron chi connectivity index (χ4n) is 2.96. The van der Waals surface area contributed by atoms with Gasteiger partial charge in [-0.15, -0.1) is 11.3 Å². The molecule has 4 nitrogen and oxygen atoms in total. The van der Waals surface area contributed by atoms with Crippen LogP contribution in [0.3, 0.4) is 0 Å². The van der Waals surface area contributed by atoms with Gasteiger partial charge in [-0.25, -0.2) is 4.98 Å². The van der Waals surface area contributed by atoms with E-state index in [0.717, 1.165) is 46.3 Å². The number of aromatic amines is 1. The highest BCUT2D eigenvalue weighted by Gasteiger charge is 2.17. The molecule has 24 heavy (non-hydrogen) atoms. The molecule has 0 saturated heterocycles. The van der Waals surface area contributed by atoms with Gasteiger partial charge in [0.2, 0.25) is 0 Å². The summed E-state index contributed by atoms with van der Waals surface area (Å²) in [6, 6.07) is 10.4. The highest BCUT2D eigenvalue weighted by Crippen LogP contribution is 2.30. The lowest BCUT2D eigenvalue weighted by atomic mass is 10.1. The molecule has 0 fully saturated rings. The van der Waals surface area contributed by atoms with Gasteiger partial charge in [0.05, 0.1) is 5.69 Å². The highest BCUT2D eigenvalue weighted by atomic mass is 32.1. The van der Waals surface area contributed by atoms with Crippen molar-refractivity contribution < 1.29 is 4.79 Å². The van der Waals surface area contributed by atoms with E-state index in [1.54, 1.807) is 18.3 Å². The van der Waals surface area contributed by atoms with Crippen LogP contribution in [-0.4, -0.2) is 22.3 Å². The number of Topliss-reactive ketones (excluding diaryl/α,β-unsaturated/α-hetero) is 1. The number of anilines is 1. The van der Waals surface area contributed by atoms with Crippen molar-refractivity contribution in [1.82, 2.24) is 9.97 Å². The molecule has 5 heteroatoms. The topological polar surface area (TPSA) is 57.8 Å². The zero-order valence-electron chi connectivity index (χ0n) is 14.1. The third-order valence-corrected chi connectivity index (χ3v) is 4.88. The van der Waals surface area contributed by atoms with Crippen LogP contribution in [0.5, 0.6) is 0 Å². The Morgan fingerprint density at radius 1 is 1.25 bits per heavy atom. The minimum atomic E-state index is 0.0870. The van der Waals surface area contributed by atoms with Crippen molar-refractivity contribution in [3.63, 3.8) is 0 Å². The molecule has 0 spiro atoms. The largest absolute Gasteiger partial charge is 0.361 e. The fraction of sp³-hybridized carbons (Fsp3) is 0.263. The van der Waals surface area contributed by atoms with Crippen LogP contribution in [0, 0.1) is 13.8 Å². The molecule has 2 N–H and O–H groups in total. The second kappa shape index (κ2) is 7.01. The van der Waals surface area contributed by atoms with E-state index in [-0.39, 0.29) is 5.78 Å². The molecular weight excluding hydrogens is 318 g/mol. The Hall–Kier alpha value is -2.40. The average molecular weight is 339 g/mol. The molecule has 0 unspecified atom stereocenters. The van der Waals surface area contributed by atoms with Crippen LogP contribution in [0.4, 0.5) is 5.13 Å². The number of benzene rings is 1. The number of ketones is 1. The maximum absolute atomic E-state index is 11.8. The molecule has 0 radical (unpaired) electrons. The molecule has 2 aromatic heterocycles. The van der Waals surface area contributed by atoms with Gasteiger partial charge in [0.25, 0.3) is 0 Å². The van der Waals surface area contributed by atoms with E-state index in [1.807, 2.05) is 25.3 Å². The van der Waals surface area contributed by atoms with E-state index >= 15 is 0 Å². The van der Waals surface area contributed by atoms with Crippen LogP contribution in [-0.2, 0) is 6.42 Å². The average Bonchev–Trinajstić information content (AvgIpc) is 3.12. The third-order valence-electron chi connectivity index (χ3n) is 4.08. The maximum Gasteiger partial charge on any atom is 0.183 e. The number of nitrogens with one attached hydrogen (secondary N) is 2. The van der Waals surface area contributed by atoms with Crippen LogP contribution in [0.2, 0.25) is 0 Å². The van der Waals surface area contributed by atoms with Crippen LogP contribution in [0.1, 0.15) is 34.1 Å². The highest BCUT2D eigenvalue weighted by molar-refractivity contribution is 7.14. The number of carbonyl (C=O) groups is 1. The van der Waals surface area contributed by atoms with Gasteiger partial charge in [0, 0.05) is 23.2 Å². The zero-order valence-corrected chi connectivity index (χ0v) is 15.0. The first-order chi connectivity index (χ1) is 11.6. The van der Waals surface area contributed by atoms with Crippen molar-refractivity contribution >= 4 is 22.3 Å². The smallest absolute Gasteiger partial charge is 0.183 e. The summed E-state index contributed by atoms with van der Waals surface area (Å²) in [5.74, 6) is 0.0870. The van der Waals surface area contributed by atoms with Crippen molar-refractivity contribution in [2.24, 2.45) is 0 Å². The Balaban J connectivity index is 1.70. The predicted molar refractivity (Wildman–Crippen MR) is 100 cm³/mol. The van der Waals surface area contributed by atoms with Crippen LogP contribution in [0.25, 0.3) is 11.4 Å². The van der Waals surface area contributed by atoms with Gasteiger partial charge in [0.15, 0.2) is 10.9 Å². The van der Waals surface area contributed by atoms with E-state index in [4.69, 9.17) is 0 Å². The lowest BCUT2D eigenvalue weighted by molar-refractivity contribution is 0.101. The minimum absolute atomic E-state index is 0.0870. The summed E-state index contributed by atoms with van der Waals surface area (Å²) in [5.41, 5.74) is 5.78. The SMILES string of the molecule is CC(=O)c1c(C)[nH]c(-c2csc(NCCc3ccccc3)n2)c1C. The number of thiazole rings is 1. The van der Waals surface area contributed by atoms with Gasteiger partial charge in [-0.1, -0.05) is 30.3 Å². The predicted octanol–water partition coefficient (Wildman–Crippen LogP) is 4.61. The number of nitrogens with zero attached hydrogens (tertiary/aromatic N) is 1. The molecule has 0 atom stereocenters. The minimum Gasteiger partial charge on any atom is -0.361 e. The maximum atomic E-state index is 11.8. The fourth-order valence-corrected chi connectivity index (χ4v) is 3.69. The summed E-state index contributed by atoms with van der Waals surface area (Å²) < 4.78 is 0. The van der Waals surface area contributed by atoms with Gasteiger partial charge >= 0.3 is 0 Å². The quantitative estimate of drug-likeness (QED) is 0.645. The Morgan fingerprint density at radius 2 is 2.00 bits per heavy atom. The summed E-state index contributed by atoms with van der Waals surface area (Å²) >= 11 is 1.58. The van der Waals surface area contributed by atoms with E-state index < -0.39 is 0 Å². The number of aryl methyl sites for hydroxylation is 1. The van der Waals surface area contributed by atoms with E-state index in [0.29, 0.717) is 0 Å². The summed E-state index contributed by atoms with van der Waals surface area (Å²) in [4.78, 5) is 19.7. The summed E-state index contributed by atoms with van der Waals surface area (Å²) in [7, 11) is 0. The number of carbonyl (C=O) groups excluding carboxylic acids is 1. The van der Waals surface area contributed by atoms with Crippen molar-refractivity contribution in [2.75, 3.05) is 11.9 Å². The normalized spacial score (nSPS) is 10.8. The molecular formula is C19H21N3OS. The molecule has 0 aliphatic rings. The molecule has 0 aliphatic carbocycles. The number of hydrogen-bond donors (Lipinski definition) is 2. The molecule has 0 bridgehead atoms. The van der Waals surface area contributed by atoms with Gasteiger partial charge < -0.3 is 10.3 Å². The number of rotatable bonds is 6. The van der Waals surface area contributed by atoms with Crippen LogP contribution < -0.4 is 5.32 Å². The molecule has 3 rings (SSSR count). The first-order valence-corrected chi connectivity index (χ1v) is 8.88. The third kappa shape index (κ3) is 3.41. The number of aromatic nitrogens is 2. The molecule has 0 aliphatic heterocycles. The number of hydrogen-bond acceptors (Lipinski definition) is 4. The summed E-state index contributed by atoms with van der Waals surface area (Å²) in [6.45, 7) is 6.35. The monoisotopic (exact) mass is 339 g/mol. The van der Waals surface area contributed by atoms with Gasteiger partial charge in [-0.05, 0) is 38.3 Å². The number of H-pyrrole nitrogens is 1. The Morgan fingerprint density at radius 3 is 2.67 bits per heavy atom. The van der Waals surface area contributed by atoms with Crippen molar-refractivity contribution in [3.8, 4) is 11.4 Å². The lowest BCUT2D eigenvalue weighted by Crippen LogP contribution is -2.04. The van der Waals surface area contributed by atoms with Gasteiger partial charge in [-0.2, -0.15) is 0 Å². The van der Waals surface area contributed by atoms with E-state index in [1.165, 1.54) is 5.56 Å². The van der Waals surface area contributed by atoms with Crippen molar-refractivity contribution in [2.45, 2.75) is 27.2 Å². The molecule has 1 aromatic carbocycles. The molecule has 3 aromatic rings. The van der Waals surface area contributed by atoms with Gasteiger partial charge in [0.1, 0.15) is 5.69 Å². The second-order valence-corrected chi connectivity index (χ2v) is 6.74. The van der Waals surface area contributed by atoms with E-state index in [9.17, 15) is 4.79 Å². The second-order valence-electron chi connectivity index (χ2n) is 5.88. The standard InChI is InChI=1S/C19H21N3OS/c1-12-17(14(3)23)13(2)21-18(12)16-11-24-19(22-16)20-10-9-15-7-5-4-6-8-15/h4-8,11,21H,9-10H2,1-3H3,(H,20,22). The molecule has 0 saturated carbocycles. The first kappa shape index (κ1) is 16.5. The summed E-state index contributed by atoms with van der Waals surface area (Å²) in [6.07, 6.45) is 0.963.